The highest BCUT2D eigenvalue weighted by molar-refractivity contribution is 7.88. The molecule has 0 aromatic heterocycles. The Morgan fingerprint density at radius 3 is 1.59 bits per heavy atom. The van der Waals surface area contributed by atoms with Gasteiger partial charge in [-0.15, -0.1) is 0 Å². The Hall–Kier alpha value is -2.89. The molecule has 3 aromatic rings. The van der Waals surface area contributed by atoms with Gasteiger partial charge in [0.2, 0.25) is 10.0 Å². The van der Waals surface area contributed by atoms with Crippen LogP contribution in [-0.2, 0) is 28.1 Å². The van der Waals surface area contributed by atoms with Crippen LogP contribution in [0.4, 0.5) is 26.3 Å². The van der Waals surface area contributed by atoms with Crippen molar-refractivity contribution in [2.45, 2.75) is 30.2 Å². The second kappa shape index (κ2) is 9.77. The molecule has 0 heterocycles. The van der Waals surface area contributed by atoms with Crippen LogP contribution in [0.25, 0.3) is 0 Å². The summed E-state index contributed by atoms with van der Waals surface area (Å²) in [7, 11) is -4.73. The molecule has 0 saturated heterocycles. The van der Waals surface area contributed by atoms with Gasteiger partial charge in [-0.05, 0) is 28.8 Å². The third kappa shape index (κ3) is 6.16. The number of sulfonamides is 1. The van der Waals surface area contributed by atoms with Crippen molar-refractivity contribution < 1.29 is 34.8 Å². The summed E-state index contributed by atoms with van der Waals surface area (Å²) in [4.78, 5) is 0. The minimum atomic E-state index is -5.19. The molecule has 0 aliphatic heterocycles. The predicted molar refractivity (Wildman–Crippen MR) is 115 cm³/mol. The van der Waals surface area contributed by atoms with Gasteiger partial charge in [0.15, 0.2) is 0 Å². The van der Waals surface area contributed by atoms with Crippen molar-refractivity contribution in [3.8, 4) is 0 Å². The zero-order valence-corrected chi connectivity index (χ0v) is 18.3. The molecule has 11 heteroatoms. The summed E-state index contributed by atoms with van der Waals surface area (Å²) in [6.45, 7) is 0. The van der Waals surface area contributed by atoms with Crippen LogP contribution in [0.5, 0.6) is 0 Å². The van der Waals surface area contributed by atoms with E-state index < -0.39 is 56.9 Å². The third-order valence-electron chi connectivity index (χ3n) is 5.13. The zero-order chi connectivity index (χ0) is 25.1. The Morgan fingerprint density at radius 2 is 1.15 bits per heavy atom. The lowest BCUT2D eigenvalue weighted by Crippen LogP contribution is -2.37. The van der Waals surface area contributed by atoms with E-state index in [1.54, 1.807) is 60.7 Å². The highest BCUT2D eigenvalue weighted by Gasteiger charge is 2.42. The van der Waals surface area contributed by atoms with Gasteiger partial charge in [0.1, 0.15) is 0 Å². The molecule has 0 spiro atoms. The number of rotatable bonds is 7. The summed E-state index contributed by atoms with van der Waals surface area (Å²) < 4.78 is 109. The largest absolute Gasteiger partial charge is 0.416 e. The van der Waals surface area contributed by atoms with Gasteiger partial charge in [0.25, 0.3) is 0 Å². The molecule has 0 aliphatic carbocycles. The van der Waals surface area contributed by atoms with Crippen molar-refractivity contribution in [3.05, 3.63) is 107 Å². The maximum absolute atomic E-state index is 13.5. The molecule has 0 radical (unpaired) electrons. The van der Waals surface area contributed by atoms with E-state index in [9.17, 15) is 34.8 Å². The topological polar surface area (TPSA) is 72.2 Å². The number of hydrogen-bond donors (Lipinski definition) is 2. The molecule has 34 heavy (non-hydrogen) atoms. The van der Waals surface area contributed by atoms with E-state index in [1.807, 2.05) is 0 Å². The average molecular weight is 502 g/mol. The quantitative estimate of drug-likeness (QED) is 0.414. The molecule has 0 aliphatic rings. The lowest BCUT2D eigenvalue weighted by Gasteiger charge is -2.26. The van der Waals surface area contributed by atoms with Gasteiger partial charge in [-0.3, -0.25) is 0 Å². The van der Waals surface area contributed by atoms with Crippen LogP contribution in [0.1, 0.15) is 39.9 Å². The van der Waals surface area contributed by atoms with Crippen LogP contribution >= 0.6 is 0 Å². The predicted octanol–water partition coefficient (Wildman–Crippen LogP) is 5.58. The fourth-order valence-corrected chi connectivity index (χ4v) is 5.02. The smallest absolute Gasteiger partial charge is 0.322 e. The van der Waals surface area contributed by atoms with E-state index >= 15 is 0 Å². The number of alkyl halides is 6. The first-order chi connectivity index (χ1) is 15.8. The second-order valence-corrected chi connectivity index (χ2v) is 9.28. The minimum Gasteiger partial charge on any atom is -0.322 e. The van der Waals surface area contributed by atoms with Crippen molar-refractivity contribution in [2.75, 3.05) is 0 Å². The molecular weight excluding hydrogens is 482 g/mol. The first kappa shape index (κ1) is 25.7. The van der Waals surface area contributed by atoms with Crippen molar-refractivity contribution in [1.29, 1.82) is 0 Å². The van der Waals surface area contributed by atoms with Gasteiger partial charge >= 0.3 is 12.4 Å². The second-order valence-electron chi connectivity index (χ2n) is 7.53. The van der Waals surface area contributed by atoms with Crippen molar-refractivity contribution in [3.63, 3.8) is 0 Å². The number of nitrogens with one attached hydrogen (secondary N) is 1. The zero-order valence-electron chi connectivity index (χ0n) is 17.4. The van der Waals surface area contributed by atoms with Crippen LogP contribution in [-0.4, -0.2) is 8.42 Å². The Bertz CT molecular complexity index is 1180. The van der Waals surface area contributed by atoms with Gasteiger partial charge in [-0.25, -0.2) is 13.1 Å². The van der Waals surface area contributed by atoms with Gasteiger partial charge < -0.3 is 5.73 Å². The van der Waals surface area contributed by atoms with E-state index in [4.69, 9.17) is 5.73 Å². The lowest BCUT2D eigenvalue weighted by atomic mass is 9.95. The van der Waals surface area contributed by atoms with E-state index in [2.05, 4.69) is 4.72 Å². The normalized spacial score (nSPS) is 14.6. The standard InChI is InChI=1S/C23H20F6N2O2S/c24-22(25,26)18-12-7-13-19(23(27,28)29)17(18)14-34(32,33)31-21(16-10-5-2-6-11-16)20(30)15-8-3-1-4-9-15/h1-13,20-21,31H,14,30H2. The monoisotopic (exact) mass is 502 g/mol. The van der Waals surface area contributed by atoms with E-state index in [0.717, 1.165) is 0 Å². The summed E-state index contributed by atoms with van der Waals surface area (Å²) in [5.74, 6) is -1.54. The number of benzene rings is 3. The first-order valence-corrected chi connectivity index (χ1v) is 11.6. The van der Waals surface area contributed by atoms with Crippen molar-refractivity contribution in [1.82, 2.24) is 4.72 Å². The fourth-order valence-electron chi connectivity index (χ4n) is 3.58. The molecule has 2 unspecified atom stereocenters. The maximum atomic E-state index is 13.5. The van der Waals surface area contributed by atoms with Crippen LogP contribution in [0.3, 0.4) is 0 Å². The summed E-state index contributed by atoms with van der Waals surface area (Å²) in [5, 5.41) is 0. The molecule has 0 saturated carbocycles. The molecular formula is C23H20F6N2O2S. The van der Waals surface area contributed by atoms with Crippen LogP contribution in [0.15, 0.2) is 78.9 Å². The minimum absolute atomic E-state index is 0.391. The Balaban J connectivity index is 2.04. The Kier molecular flexibility index (Phi) is 7.39. The molecule has 3 N–H and O–H groups in total. The molecule has 4 nitrogen and oxygen atoms in total. The summed E-state index contributed by atoms with van der Waals surface area (Å²) in [5.41, 5.74) is 2.47. The third-order valence-corrected chi connectivity index (χ3v) is 6.41. The van der Waals surface area contributed by atoms with Crippen molar-refractivity contribution in [2.24, 2.45) is 5.73 Å². The number of halogens is 6. The Labute approximate surface area is 192 Å². The summed E-state index contributed by atoms with van der Waals surface area (Å²) >= 11 is 0. The van der Waals surface area contributed by atoms with Crippen LogP contribution in [0.2, 0.25) is 0 Å². The highest BCUT2D eigenvalue weighted by Crippen LogP contribution is 2.40. The summed E-state index contributed by atoms with van der Waals surface area (Å²) in [6.07, 6.45) is -10.4. The Morgan fingerprint density at radius 1 is 0.706 bits per heavy atom. The summed E-state index contributed by atoms with van der Waals surface area (Å²) in [6, 6.07) is 15.6. The van der Waals surface area contributed by atoms with Gasteiger partial charge in [-0.2, -0.15) is 26.3 Å². The molecule has 0 fully saturated rings. The highest BCUT2D eigenvalue weighted by atomic mass is 32.2. The molecule has 3 rings (SSSR count). The molecule has 182 valence electrons. The average Bonchev–Trinajstić information content (AvgIpc) is 2.76. The van der Waals surface area contributed by atoms with E-state index in [-0.39, 0.29) is 0 Å². The lowest BCUT2D eigenvalue weighted by molar-refractivity contribution is -0.144. The van der Waals surface area contributed by atoms with Gasteiger partial charge in [-0.1, -0.05) is 66.7 Å². The van der Waals surface area contributed by atoms with Crippen LogP contribution in [0, 0.1) is 0 Å². The maximum Gasteiger partial charge on any atom is 0.416 e. The van der Waals surface area contributed by atoms with Gasteiger partial charge in [0.05, 0.1) is 29.0 Å². The van der Waals surface area contributed by atoms with Gasteiger partial charge in [0, 0.05) is 0 Å². The first-order valence-electron chi connectivity index (χ1n) is 9.91. The van der Waals surface area contributed by atoms with Crippen LogP contribution < -0.4 is 10.5 Å². The molecule has 3 aromatic carbocycles. The number of hydrogen-bond acceptors (Lipinski definition) is 3. The SMILES string of the molecule is NC(c1ccccc1)C(NS(=O)(=O)Cc1c(C(F)(F)F)cccc1C(F)(F)F)c1ccccc1. The molecule has 0 bridgehead atoms. The number of nitrogens with two attached hydrogens (primary N) is 1. The van der Waals surface area contributed by atoms with E-state index in [1.165, 1.54) is 0 Å². The fraction of sp³-hybridized carbons (Fsp3) is 0.217. The molecule has 0 amide bonds. The van der Waals surface area contributed by atoms with Crippen molar-refractivity contribution >= 4 is 10.0 Å². The molecule has 2 atom stereocenters. The van der Waals surface area contributed by atoms with E-state index in [0.29, 0.717) is 29.3 Å².